The van der Waals surface area contributed by atoms with E-state index in [2.05, 4.69) is 5.32 Å². The first-order valence-corrected chi connectivity index (χ1v) is 6.88. The molecule has 0 saturated carbocycles. The fourth-order valence-corrected chi connectivity index (χ4v) is 2.89. The highest BCUT2D eigenvalue weighted by Crippen LogP contribution is 2.21. The highest BCUT2D eigenvalue weighted by molar-refractivity contribution is 5.82. The first kappa shape index (κ1) is 12.8. The molecule has 0 aromatic heterocycles. The van der Waals surface area contributed by atoms with Gasteiger partial charge in [0, 0.05) is 19.0 Å². The second-order valence-corrected chi connectivity index (χ2v) is 5.43. The molecule has 0 aromatic rings. The number of carbonyl (C=O) groups is 1. The Kier molecular flexibility index (Phi) is 4.40. The topological polar surface area (TPSA) is 52.6 Å². The van der Waals surface area contributed by atoms with Gasteiger partial charge >= 0.3 is 0 Å². The first-order valence-electron chi connectivity index (χ1n) is 6.88. The molecule has 3 atom stereocenters. The summed E-state index contributed by atoms with van der Waals surface area (Å²) in [7, 11) is 0. The van der Waals surface area contributed by atoms with Crippen LogP contribution in [0.1, 0.15) is 39.0 Å². The Morgan fingerprint density at radius 2 is 2.18 bits per heavy atom. The van der Waals surface area contributed by atoms with E-state index < -0.39 is 0 Å². The number of rotatable bonds is 2. The second kappa shape index (κ2) is 5.83. The maximum Gasteiger partial charge on any atom is 0.239 e. The molecule has 0 spiro atoms. The molecule has 2 rings (SSSR count). The van der Waals surface area contributed by atoms with Crippen LogP contribution in [0.25, 0.3) is 0 Å². The van der Waals surface area contributed by atoms with Gasteiger partial charge in [-0.25, -0.2) is 0 Å². The number of hydrogen-bond donors (Lipinski definition) is 2. The number of aliphatic hydroxyl groups excluding tert-OH is 1. The largest absolute Gasteiger partial charge is 0.393 e. The van der Waals surface area contributed by atoms with Gasteiger partial charge < -0.3 is 15.3 Å². The summed E-state index contributed by atoms with van der Waals surface area (Å²) in [6.07, 6.45) is 5.06. The zero-order chi connectivity index (χ0) is 12.3. The number of piperidine rings is 2. The van der Waals surface area contributed by atoms with Crippen LogP contribution in [0.4, 0.5) is 0 Å². The van der Waals surface area contributed by atoms with Crippen molar-refractivity contribution in [1.82, 2.24) is 10.2 Å². The Labute approximate surface area is 103 Å². The van der Waals surface area contributed by atoms with Crippen molar-refractivity contribution in [2.75, 3.05) is 19.6 Å². The van der Waals surface area contributed by atoms with Gasteiger partial charge in [-0.15, -0.1) is 0 Å². The van der Waals surface area contributed by atoms with Gasteiger partial charge in [-0.05, 0) is 39.2 Å². The molecule has 98 valence electrons. The van der Waals surface area contributed by atoms with Crippen molar-refractivity contribution in [2.45, 2.75) is 51.2 Å². The minimum Gasteiger partial charge on any atom is -0.393 e. The summed E-state index contributed by atoms with van der Waals surface area (Å²) < 4.78 is 0. The normalized spacial score (nSPS) is 32.2. The summed E-state index contributed by atoms with van der Waals surface area (Å²) >= 11 is 0. The number of nitrogens with one attached hydrogen (secondary N) is 1. The van der Waals surface area contributed by atoms with E-state index in [9.17, 15) is 9.90 Å². The quantitative estimate of drug-likeness (QED) is 0.749. The number of amides is 1. The first-order chi connectivity index (χ1) is 8.18. The Morgan fingerprint density at radius 3 is 2.82 bits per heavy atom. The minimum absolute atomic E-state index is 0.0245. The summed E-state index contributed by atoms with van der Waals surface area (Å²) in [6, 6.07) is 0.0245. The van der Waals surface area contributed by atoms with Crippen molar-refractivity contribution in [3.05, 3.63) is 0 Å². The molecule has 0 radical (unpaired) electrons. The molecule has 0 bridgehead atoms. The van der Waals surface area contributed by atoms with E-state index in [4.69, 9.17) is 0 Å². The molecule has 2 fully saturated rings. The van der Waals surface area contributed by atoms with E-state index in [0.29, 0.717) is 0 Å². The lowest BCUT2D eigenvalue weighted by atomic mass is 9.92. The maximum atomic E-state index is 12.3. The summed E-state index contributed by atoms with van der Waals surface area (Å²) in [5.41, 5.74) is 0. The van der Waals surface area contributed by atoms with E-state index in [1.807, 2.05) is 11.8 Å². The zero-order valence-electron chi connectivity index (χ0n) is 10.7. The van der Waals surface area contributed by atoms with Crippen LogP contribution in [0, 0.1) is 5.92 Å². The number of aliphatic hydroxyl groups is 1. The Hall–Kier alpha value is -0.610. The number of hydrogen-bond acceptors (Lipinski definition) is 3. The van der Waals surface area contributed by atoms with Crippen molar-refractivity contribution in [3.8, 4) is 0 Å². The van der Waals surface area contributed by atoms with Gasteiger partial charge in [-0.3, -0.25) is 4.79 Å². The van der Waals surface area contributed by atoms with Crippen molar-refractivity contribution < 1.29 is 9.90 Å². The molecule has 0 unspecified atom stereocenters. The molecule has 17 heavy (non-hydrogen) atoms. The maximum absolute atomic E-state index is 12.3. The molecular formula is C13H24N2O2. The SMILES string of the molecule is C[C@H](O)[C@@H]1CCCN(C(=O)[C@H]2CCCCN2)C1. The number of carbonyl (C=O) groups excluding carboxylic acids is 1. The average Bonchev–Trinajstić information content (AvgIpc) is 2.39. The van der Waals surface area contributed by atoms with Gasteiger partial charge in [0.1, 0.15) is 0 Å². The van der Waals surface area contributed by atoms with Crippen LogP contribution in [-0.2, 0) is 4.79 Å². The van der Waals surface area contributed by atoms with Crippen LogP contribution < -0.4 is 5.32 Å². The Bertz CT molecular complexity index is 262. The molecule has 4 nitrogen and oxygen atoms in total. The second-order valence-electron chi connectivity index (χ2n) is 5.43. The van der Waals surface area contributed by atoms with Gasteiger partial charge in [-0.2, -0.15) is 0 Å². The lowest BCUT2D eigenvalue weighted by molar-refractivity contribution is -0.136. The van der Waals surface area contributed by atoms with E-state index in [-0.39, 0.29) is 24.0 Å². The predicted octanol–water partition coefficient (Wildman–Crippen LogP) is 0.748. The molecule has 0 aromatic carbocycles. The molecule has 2 aliphatic heterocycles. The molecule has 2 aliphatic rings. The van der Waals surface area contributed by atoms with E-state index >= 15 is 0 Å². The van der Waals surface area contributed by atoms with Gasteiger partial charge in [-0.1, -0.05) is 6.42 Å². The van der Waals surface area contributed by atoms with Gasteiger partial charge in [0.05, 0.1) is 12.1 Å². The monoisotopic (exact) mass is 240 g/mol. The molecule has 2 N–H and O–H groups in total. The van der Waals surface area contributed by atoms with Crippen LogP contribution in [0.5, 0.6) is 0 Å². The lowest BCUT2D eigenvalue weighted by Crippen LogP contribution is -2.52. The summed E-state index contributed by atoms with van der Waals surface area (Å²) in [4.78, 5) is 14.3. The highest BCUT2D eigenvalue weighted by atomic mass is 16.3. The molecular weight excluding hydrogens is 216 g/mol. The summed E-state index contributed by atoms with van der Waals surface area (Å²) in [5.74, 6) is 0.506. The Balaban J connectivity index is 1.89. The Morgan fingerprint density at radius 1 is 1.35 bits per heavy atom. The molecule has 0 aliphatic carbocycles. The van der Waals surface area contributed by atoms with Gasteiger partial charge in [0.25, 0.3) is 0 Å². The molecule has 2 saturated heterocycles. The average molecular weight is 240 g/mol. The summed E-state index contributed by atoms with van der Waals surface area (Å²) in [6.45, 7) is 4.39. The standard InChI is InChI=1S/C13H24N2O2/c1-10(16)11-5-4-8-15(9-11)13(17)12-6-2-3-7-14-12/h10-12,14,16H,2-9H2,1H3/t10-,11+,12+/m0/s1. The summed E-state index contributed by atoms with van der Waals surface area (Å²) in [5, 5.41) is 12.9. The third-order valence-electron chi connectivity index (χ3n) is 4.06. The number of nitrogens with zero attached hydrogens (tertiary/aromatic N) is 1. The third-order valence-corrected chi connectivity index (χ3v) is 4.06. The van der Waals surface area contributed by atoms with Crippen LogP contribution in [0.2, 0.25) is 0 Å². The van der Waals surface area contributed by atoms with Crippen molar-refractivity contribution in [2.24, 2.45) is 5.92 Å². The fraction of sp³-hybridized carbons (Fsp3) is 0.923. The zero-order valence-corrected chi connectivity index (χ0v) is 10.7. The molecule has 4 heteroatoms. The van der Waals surface area contributed by atoms with Gasteiger partial charge in [0.15, 0.2) is 0 Å². The number of likely N-dealkylation sites (tertiary alicyclic amines) is 1. The fourth-order valence-electron chi connectivity index (χ4n) is 2.89. The minimum atomic E-state index is -0.301. The van der Waals surface area contributed by atoms with E-state index in [1.165, 1.54) is 6.42 Å². The highest BCUT2D eigenvalue weighted by Gasteiger charge is 2.30. The van der Waals surface area contributed by atoms with Crippen LogP contribution in [0.3, 0.4) is 0 Å². The molecule has 1 amide bonds. The van der Waals surface area contributed by atoms with Crippen molar-refractivity contribution >= 4 is 5.91 Å². The third kappa shape index (κ3) is 3.19. The predicted molar refractivity (Wildman–Crippen MR) is 66.6 cm³/mol. The van der Waals surface area contributed by atoms with E-state index in [0.717, 1.165) is 45.3 Å². The van der Waals surface area contributed by atoms with E-state index in [1.54, 1.807) is 0 Å². The lowest BCUT2D eigenvalue weighted by Gasteiger charge is -2.37. The molecule has 2 heterocycles. The van der Waals surface area contributed by atoms with Crippen molar-refractivity contribution in [1.29, 1.82) is 0 Å². The van der Waals surface area contributed by atoms with Crippen LogP contribution in [0.15, 0.2) is 0 Å². The van der Waals surface area contributed by atoms with Crippen LogP contribution >= 0.6 is 0 Å². The van der Waals surface area contributed by atoms with Gasteiger partial charge in [0.2, 0.25) is 5.91 Å². The smallest absolute Gasteiger partial charge is 0.239 e. The van der Waals surface area contributed by atoms with Crippen LogP contribution in [-0.4, -0.2) is 47.7 Å². The van der Waals surface area contributed by atoms with Crippen molar-refractivity contribution in [3.63, 3.8) is 0 Å².